The second kappa shape index (κ2) is 2.11. The van der Waals surface area contributed by atoms with Crippen LogP contribution in [0.25, 0.3) is 0 Å². The summed E-state index contributed by atoms with van der Waals surface area (Å²) < 4.78 is 5.58. The van der Waals surface area contributed by atoms with Crippen molar-refractivity contribution in [1.29, 1.82) is 0 Å². The van der Waals surface area contributed by atoms with Gasteiger partial charge in [0.1, 0.15) is 5.78 Å². The predicted octanol–water partition coefficient (Wildman–Crippen LogP) is 1.92. The molecule has 1 aliphatic carbocycles. The zero-order chi connectivity index (χ0) is 8.98. The van der Waals surface area contributed by atoms with Crippen LogP contribution in [0, 0.1) is 5.41 Å². The molecule has 68 valence electrons. The van der Waals surface area contributed by atoms with Crippen LogP contribution in [-0.4, -0.2) is 17.5 Å². The Labute approximate surface area is 73.3 Å². The predicted molar refractivity (Wildman–Crippen MR) is 45.9 cm³/mol. The van der Waals surface area contributed by atoms with Gasteiger partial charge in [-0.1, -0.05) is 13.8 Å². The van der Waals surface area contributed by atoms with Crippen LogP contribution >= 0.6 is 0 Å². The molecule has 0 aromatic heterocycles. The summed E-state index contributed by atoms with van der Waals surface area (Å²) in [5.41, 5.74) is -0.109. The number of rotatable bonds is 0. The highest BCUT2D eigenvalue weighted by Gasteiger charge is 2.56. The van der Waals surface area contributed by atoms with Gasteiger partial charge in [-0.2, -0.15) is 0 Å². The van der Waals surface area contributed by atoms with Crippen molar-refractivity contribution in [2.75, 3.05) is 0 Å². The van der Waals surface area contributed by atoms with Crippen LogP contribution in [0.1, 0.15) is 40.0 Å². The smallest absolute Gasteiger partial charge is 0.138 e. The summed E-state index contributed by atoms with van der Waals surface area (Å²) in [6, 6.07) is 0. The summed E-state index contributed by atoms with van der Waals surface area (Å²) in [5.74, 6) is 0.402. The van der Waals surface area contributed by atoms with Crippen LogP contribution in [0.5, 0.6) is 0 Å². The first-order chi connectivity index (χ1) is 5.44. The molecule has 0 aromatic carbocycles. The van der Waals surface area contributed by atoms with E-state index in [1.807, 2.05) is 13.8 Å². The van der Waals surface area contributed by atoms with Crippen molar-refractivity contribution < 1.29 is 9.53 Å². The number of fused-ring (bicyclic) bond motifs is 1. The Balaban J connectivity index is 2.17. The molecule has 0 radical (unpaired) electrons. The number of Topliss-reactive ketones (excluding diaryl/α,β-unsaturated/α-hetero) is 1. The number of ketones is 1. The molecule has 2 heteroatoms. The lowest BCUT2D eigenvalue weighted by atomic mass is 9.83. The van der Waals surface area contributed by atoms with E-state index >= 15 is 0 Å². The van der Waals surface area contributed by atoms with E-state index in [0.29, 0.717) is 18.3 Å². The van der Waals surface area contributed by atoms with E-state index in [9.17, 15) is 4.79 Å². The van der Waals surface area contributed by atoms with Crippen molar-refractivity contribution in [2.45, 2.75) is 51.7 Å². The third kappa shape index (κ3) is 1.09. The molecule has 1 saturated heterocycles. The maximum atomic E-state index is 11.6. The van der Waals surface area contributed by atoms with Crippen molar-refractivity contribution >= 4 is 5.78 Å². The number of carbonyl (C=O) groups excluding carboxylic acids is 1. The zero-order valence-electron chi connectivity index (χ0n) is 8.02. The molecule has 0 amide bonds. The molecule has 12 heavy (non-hydrogen) atoms. The third-order valence-electron chi connectivity index (χ3n) is 3.33. The quantitative estimate of drug-likeness (QED) is 0.517. The lowest BCUT2D eigenvalue weighted by Crippen LogP contribution is -2.24. The summed E-state index contributed by atoms with van der Waals surface area (Å²) in [6.07, 6.45) is 2.86. The third-order valence-corrected chi connectivity index (χ3v) is 3.33. The number of hydrogen-bond acceptors (Lipinski definition) is 2. The van der Waals surface area contributed by atoms with Gasteiger partial charge in [0.25, 0.3) is 0 Å². The minimum Gasteiger partial charge on any atom is -0.366 e. The Kier molecular flexibility index (Phi) is 1.45. The Bertz CT molecular complexity index is 232. The fourth-order valence-corrected chi connectivity index (χ4v) is 2.05. The van der Waals surface area contributed by atoms with Crippen LogP contribution in [0.3, 0.4) is 0 Å². The van der Waals surface area contributed by atoms with Crippen molar-refractivity contribution in [3.8, 4) is 0 Å². The summed E-state index contributed by atoms with van der Waals surface area (Å²) in [4.78, 5) is 11.6. The highest BCUT2D eigenvalue weighted by molar-refractivity contribution is 5.84. The topological polar surface area (TPSA) is 29.6 Å². The molecule has 1 heterocycles. The minimum atomic E-state index is -0.154. The van der Waals surface area contributed by atoms with Crippen LogP contribution in [0.2, 0.25) is 0 Å². The number of epoxide rings is 1. The number of hydrogen-bond donors (Lipinski definition) is 0. The molecule has 2 aliphatic rings. The zero-order valence-corrected chi connectivity index (χ0v) is 8.02. The first-order valence-electron chi connectivity index (χ1n) is 4.65. The van der Waals surface area contributed by atoms with E-state index in [-0.39, 0.29) is 11.0 Å². The molecule has 0 spiro atoms. The molecule has 0 bridgehead atoms. The Morgan fingerprint density at radius 2 is 2.08 bits per heavy atom. The second-order valence-corrected chi connectivity index (χ2v) is 4.93. The fraction of sp³-hybridized carbons (Fsp3) is 0.900. The van der Waals surface area contributed by atoms with E-state index in [0.717, 1.165) is 12.8 Å². The van der Waals surface area contributed by atoms with Crippen LogP contribution < -0.4 is 0 Å². The lowest BCUT2D eigenvalue weighted by molar-refractivity contribution is -0.127. The molecular formula is C10H16O2. The Hall–Kier alpha value is -0.370. The number of ether oxygens (including phenoxy) is 1. The van der Waals surface area contributed by atoms with Gasteiger partial charge in [-0.15, -0.1) is 0 Å². The van der Waals surface area contributed by atoms with Crippen molar-refractivity contribution in [3.63, 3.8) is 0 Å². The van der Waals surface area contributed by atoms with Crippen molar-refractivity contribution in [2.24, 2.45) is 5.41 Å². The summed E-state index contributed by atoms with van der Waals surface area (Å²) in [7, 11) is 0. The highest BCUT2D eigenvalue weighted by atomic mass is 16.6. The lowest BCUT2D eigenvalue weighted by Gasteiger charge is -2.19. The molecule has 2 unspecified atom stereocenters. The van der Waals surface area contributed by atoms with Crippen LogP contribution in [0.15, 0.2) is 0 Å². The largest absolute Gasteiger partial charge is 0.366 e. The van der Waals surface area contributed by atoms with Gasteiger partial charge < -0.3 is 4.74 Å². The maximum Gasteiger partial charge on any atom is 0.138 e. The molecule has 2 rings (SSSR count). The van der Waals surface area contributed by atoms with Gasteiger partial charge in [-0.05, 0) is 19.8 Å². The maximum absolute atomic E-state index is 11.6. The van der Waals surface area contributed by atoms with Crippen molar-refractivity contribution in [1.82, 2.24) is 0 Å². The first kappa shape index (κ1) is 8.24. The highest BCUT2D eigenvalue weighted by Crippen LogP contribution is 2.49. The Morgan fingerprint density at radius 3 is 2.75 bits per heavy atom. The van der Waals surface area contributed by atoms with Crippen molar-refractivity contribution in [3.05, 3.63) is 0 Å². The molecule has 1 aliphatic heterocycles. The van der Waals surface area contributed by atoms with Crippen LogP contribution in [-0.2, 0) is 9.53 Å². The molecular weight excluding hydrogens is 152 g/mol. The van der Waals surface area contributed by atoms with Gasteiger partial charge in [-0.3, -0.25) is 4.79 Å². The van der Waals surface area contributed by atoms with Crippen LogP contribution in [0.4, 0.5) is 0 Å². The SMILES string of the molecule is CC1(C)CC2OC2(C)CCC1=O. The van der Waals surface area contributed by atoms with E-state index < -0.39 is 0 Å². The van der Waals surface area contributed by atoms with Gasteiger partial charge in [0, 0.05) is 11.8 Å². The van der Waals surface area contributed by atoms with E-state index in [2.05, 4.69) is 6.92 Å². The molecule has 0 N–H and O–H groups in total. The molecule has 2 nitrogen and oxygen atoms in total. The normalized spacial score (nSPS) is 44.9. The van der Waals surface area contributed by atoms with E-state index in [1.54, 1.807) is 0 Å². The monoisotopic (exact) mass is 168 g/mol. The molecule has 2 atom stereocenters. The number of carbonyl (C=O) groups is 1. The Morgan fingerprint density at radius 1 is 1.42 bits per heavy atom. The van der Waals surface area contributed by atoms with Gasteiger partial charge >= 0.3 is 0 Å². The summed E-state index contributed by atoms with van der Waals surface area (Å²) >= 11 is 0. The van der Waals surface area contributed by atoms with E-state index in [4.69, 9.17) is 4.74 Å². The average Bonchev–Trinajstić information content (AvgIpc) is 2.56. The molecule has 1 saturated carbocycles. The second-order valence-electron chi connectivity index (χ2n) is 4.93. The van der Waals surface area contributed by atoms with Gasteiger partial charge in [0.2, 0.25) is 0 Å². The van der Waals surface area contributed by atoms with Gasteiger partial charge in [0.15, 0.2) is 0 Å². The minimum absolute atomic E-state index is 0.0451. The van der Waals surface area contributed by atoms with Gasteiger partial charge in [-0.25, -0.2) is 0 Å². The average molecular weight is 168 g/mol. The fourth-order valence-electron chi connectivity index (χ4n) is 2.05. The molecule has 2 fully saturated rings. The first-order valence-corrected chi connectivity index (χ1v) is 4.65. The standard InChI is InChI=1S/C10H16O2/c1-9(2)6-8-10(3,12-8)5-4-7(9)11/h8H,4-6H2,1-3H3. The molecule has 0 aromatic rings. The summed E-state index contributed by atoms with van der Waals surface area (Å²) in [6.45, 7) is 6.18. The van der Waals surface area contributed by atoms with E-state index in [1.165, 1.54) is 0 Å². The summed E-state index contributed by atoms with van der Waals surface area (Å²) in [5, 5.41) is 0. The van der Waals surface area contributed by atoms with Gasteiger partial charge in [0.05, 0.1) is 11.7 Å².